The number of carbonyl (C=O) groups is 1. The van der Waals surface area contributed by atoms with Crippen LogP contribution in [0, 0.1) is 0 Å². The van der Waals surface area contributed by atoms with Gasteiger partial charge in [0, 0.05) is 49.5 Å². The van der Waals surface area contributed by atoms with E-state index in [-0.39, 0.29) is 5.78 Å². The van der Waals surface area contributed by atoms with E-state index in [4.69, 9.17) is 5.10 Å². The predicted molar refractivity (Wildman–Crippen MR) is 117 cm³/mol. The van der Waals surface area contributed by atoms with Gasteiger partial charge >= 0.3 is 0 Å². The topological polar surface area (TPSA) is 40.9 Å². The zero-order chi connectivity index (χ0) is 19.7. The molecule has 144 valence electrons. The molecule has 0 atom stereocenters. The Bertz CT molecular complexity index is 1050. The zero-order valence-corrected chi connectivity index (χ0v) is 17.7. The first kappa shape index (κ1) is 18.7. The molecule has 3 heterocycles. The van der Waals surface area contributed by atoms with Crippen molar-refractivity contribution < 1.29 is 4.79 Å². The molecule has 0 aliphatic carbocycles. The maximum Gasteiger partial charge on any atom is 0.191 e. The van der Waals surface area contributed by atoms with Gasteiger partial charge in [-0.15, -0.1) is 0 Å². The summed E-state index contributed by atoms with van der Waals surface area (Å²) in [5.74, 6) is 0.999. The van der Waals surface area contributed by atoms with Crippen LogP contribution in [-0.4, -0.2) is 47.5 Å². The number of hydrogen-bond acceptors (Lipinski definition) is 4. The Morgan fingerprint density at radius 2 is 1.89 bits per heavy atom. The van der Waals surface area contributed by atoms with Crippen LogP contribution >= 0.6 is 15.9 Å². The molecule has 5 nitrogen and oxygen atoms in total. The monoisotopic (exact) mass is 438 g/mol. The molecule has 6 heteroatoms. The molecule has 0 N–H and O–H groups in total. The van der Waals surface area contributed by atoms with E-state index < -0.39 is 0 Å². The van der Waals surface area contributed by atoms with Crippen LogP contribution in [0.1, 0.15) is 23.2 Å². The molecule has 1 aliphatic heterocycles. The van der Waals surface area contributed by atoms with Gasteiger partial charge in [0.1, 0.15) is 11.5 Å². The van der Waals surface area contributed by atoms with Gasteiger partial charge in [0.2, 0.25) is 0 Å². The van der Waals surface area contributed by atoms with Crippen LogP contribution in [0.4, 0.5) is 5.82 Å². The van der Waals surface area contributed by atoms with Crippen molar-refractivity contribution >= 4 is 33.0 Å². The second-order valence-electron chi connectivity index (χ2n) is 7.25. The second kappa shape index (κ2) is 7.80. The van der Waals surface area contributed by atoms with E-state index in [1.807, 2.05) is 59.9 Å². The molecule has 28 heavy (non-hydrogen) atoms. The molecule has 3 aromatic rings. The SMILES string of the molecule is CN(C)C=CC(=O)c1c(-c2cccc(Br)c2)nn2c(N3CCCC3)cccc12. The number of rotatable bonds is 5. The molecule has 0 amide bonds. The molecule has 0 unspecified atom stereocenters. The second-order valence-corrected chi connectivity index (χ2v) is 8.17. The van der Waals surface area contributed by atoms with Crippen molar-refractivity contribution in [1.82, 2.24) is 14.5 Å². The number of halogens is 1. The number of carbonyl (C=O) groups excluding carboxylic acids is 1. The lowest BCUT2D eigenvalue weighted by molar-refractivity contribution is 0.104. The van der Waals surface area contributed by atoms with Crippen LogP contribution < -0.4 is 4.90 Å². The average molecular weight is 439 g/mol. The van der Waals surface area contributed by atoms with Crippen LogP contribution in [0.2, 0.25) is 0 Å². The molecule has 0 radical (unpaired) electrons. The standard InChI is InChI=1S/C22H23BrN4O/c1-25(2)14-11-19(28)21-18-9-6-10-20(26-12-3-4-13-26)27(18)24-22(21)16-7-5-8-17(23)15-16/h5-11,14-15H,3-4,12-13H2,1-2H3. The van der Waals surface area contributed by atoms with Crippen LogP contribution in [0.5, 0.6) is 0 Å². The highest BCUT2D eigenvalue weighted by molar-refractivity contribution is 9.10. The molecule has 0 spiro atoms. The molecular formula is C22H23BrN4O. The lowest BCUT2D eigenvalue weighted by Crippen LogP contribution is -2.20. The van der Waals surface area contributed by atoms with Crippen molar-refractivity contribution in [3.63, 3.8) is 0 Å². The number of nitrogens with zero attached hydrogens (tertiary/aromatic N) is 4. The van der Waals surface area contributed by atoms with Gasteiger partial charge < -0.3 is 9.80 Å². The zero-order valence-electron chi connectivity index (χ0n) is 16.1. The van der Waals surface area contributed by atoms with Crippen LogP contribution in [0.25, 0.3) is 16.8 Å². The third-order valence-corrected chi connectivity index (χ3v) is 5.43. The summed E-state index contributed by atoms with van der Waals surface area (Å²) >= 11 is 3.53. The summed E-state index contributed by atoms with van der Waals surface area (Å²) in [4.78, 5) is 17.3. The van der Waals surface area contributed by atoms with Crippen molar-refractivity contribution in [3.05, 3.63) is 64.8 Å². The predicted octanol–water partition coefficient (Wildman–Crippen LogP) is 4.62. The minimum absolute atomic E-state index is 0.0442. The summed E-state index contributed by atoms with van der Waals surface area (Å²) in [6, 6.07) is 14.0. The maximum absolute atomic E-state index is 13.1. The number of ketones is 1. The molecule has 1 aromatic carbocycles. The number of aromatic nitrogens is 2. The molecule has 0 saturated carbocycles. The summed E-state index contributed by atoms with van der Waals surface area (Å²) in [6.07, 6.45) is 5.77. The minimum Gasteiger partial charge on any atom is -0.383 e. The van der Waals surface area contributed by atoms with Crippen molar-refractivity contribution in [3.8, 4) is 11.3 Å². The Morgan fingerprint density at radius 3 is 2.61 bits per heavy atom. The van der Waals surface area contributed by atoms with Gasteiger partial charge in [0.25, 0.3) is 0 Å². The number of pyridine rings is 1. The van der Waals surface area contributed by atoms with Gasteiger partial charge in [-0.3, -0.25) is 4.79 Å². The van der Waals surface area contributed by atoms with Crippen molar-refractivity contribution in [2.24, 2.45) is 0 Å². The van der Waals surface area contributed by atoms with Gasteiger partial charge in [0.15, 0.2) is 5.78 Å². The summed E-state index contributed by atoms with van der Waals surface area (Å²) in [6.45, 7) is 2.05. The summed E-state index contributed by atoms with van der Waals surface area (Å²) in [7, 11) is 3.81. The fraction of sp³-hybridized carbons (Fsp3) is 0.273. The van der Waals surface area contributed by atoms with E-state index in [2.05, 4.69) is 26.9 Å². The van der Waals surface area contributed by atoms with Crippen LogP contribution in [0.3, 0.4) is 0 Å². The normalized spacial score (nSPS) is 14.3. The van der Waals surface area contributed by atoms with Crippen LogP contribution in [0.15, 0.2) is 59.2 Å². The highest BCUT2D eigenvalue weighted by Gasteiger charge is 2.23. The lowest BCUT2D eigenvalue weighted by Gasteiger charge is -2.18. The molecule has 2 aromatic heterocycles. The van der Waals surface area contributed by atoms with Crippen molar-refractivity contribution in [2.45, 2.75) is 12.8 Å². The lowest BCUT2D eigenvalue weighted by atomic mass is 10.0. The highest BCUT2D eigenvalue weighted by atomic mass is 79.9. The number of anilines is 1. The van der Waals surface area contributed by atoms with Gasteiger partial charge in [0.05, 0.1) is 11.1 Å². The van der Waals surface area contributed by atoms with Crippen LogP contribution in [-0.2, 0) is 0 Å². The van der Waals surface area contributed by atoms with Gasteiger partial charge in [-0.1, -0.05) is 34.1 Å². The number of allylic oxidation sites excluding steroid dienone is 1. The molecule has 1 saturated heterocycles. The Labute approximate surface area is 173 Å². The van der Waals surface area contributed by atoms with Crippen molar-refractivity contribution in [2.75, 3.05) is 32.1 Å². The quantitative estimate of drug-likeness (QED) is 0.430. The van der Waals surface area contributed by atoms with E-state index in [0.29, 0.717) is 11.3 Å². The fourth-order valence-electron chi connectivity index (χ4n) is 3.62. The van der Waals surface area contributed by atoms with E-state index in [9.17, 15) is 4.79 Å². The maximum atomic E-state index is 13.1. The Morgan fingerprint density at radius 1 is 1.14 bits per heavy atom. The third-order valence-electron chi connectivity index (χ3n) is 4.94. The number of fused-ring (bicyclic) bond motifs is 1. The average Bonchev–Trinajstić information content (AvgIpc) is 3.33. The van der Waals surface area contributed by atoms with Gasteiger partial charge in [-0.25, -0.2) is 4.52 Å². The fourth-order valence-corrected chi connectivity index (χ4v) is 4.02. The van der Waals surface area contributed by atoms with Gasteiger partial charge in [-0.2, -0.15) is 5.10 Å². The first-order valence-electron chi connectivity index (χ1n) is 9.46. The van der Waals surface area contributed by atoms with E-state index >= 15 is 0 Å². The molecule has 1 aliphatic rings. The van der Waals surface area contributed by atoms with E-state index in [0.717, 1.165) is 34.5 Å². The highest BCUT2D eigenvalue weighted by Crippen LogP contribution is 2.32. The third kappa shape index (κ3) is 3.56. The molecular weight excluding hydrogens is 416 g/mol. The smallest absolute Gasteiger partial charge is 0.191 e. The Hall–Kier alpha value is -2.60. The van der Waals surface area contributed by atoms with E-state index in [1.165, 1.54) is 12.8 Å². The Kier molecular flexibility index (Phi) is 5.22. The summed E-state index contributed by atoms with van der Waals surface area (Å²) in [5.41, 5.74) is 3.11. The Balaban J connectivity index is 1.94. The van der Waals surface area contributed by atoms with E-state index in [1.54, 1.807) is 12.3 Å². The molecule has 0 bridgehead atoms. The molecule has 1 fully saturated rings. The minimum atomic E-state index is -0.0442. The number of benzene rings is 1. The molecule has 4 rings (SSSR count). The number of hydrogen-bond donors (Lipinski definition) is 0. The largest absolute Gasteiger partial charge is 0.383 e. The summed E-state index contributed by atoms with van der Waals surface area (Å²) in [5, 5.41) is 4.90. The first-order chi connectivity index (χ1) is 13.5. The van der Waals surface area contributed by atoms with Crippen molar-refractivity contribution in [1.29, 1.82) is 0 Å². The van der Waals surface area contributed by atoms with Gasteiger partial charge in [-0.05, 0) is 37.1 Å². The summed E-state index contributed by atoms with van der Waals surface area (Å²) < 4.78 is 2.89. The first-order valence-corrected chi connectivity index (χ1v) is 10.3.